The van der Waals surface area contributed by atoms with Crippen LogP contribution in [0.25, 0.3) is 0 Å². The van der Waals surface area contributed by atoms with E-state index in [9.17, 15) is 12.8 Å². The van der Waals surface area contributed by atoms with Crippen LogP contribution in [0.2, 0.25) is 0 Å². The maximum Gasteiger partial charge on any atom is 0.188 e. The summed E-state index contributed by atoms with van der Waals surface area (Å²) in [7, 11) is -1.43. The lowest BCUT2D eigenvalue weighted by atomic mass is 9.86. The molecule has 0 amide bonds. The molecule has 2 atom stereocenters. The lowest BCUT2D eigenvalue weighted by molar-refractivity contribution is 0.516. The first-order chi connectivity index (χ1) is 10.5. The van der Waals surface area contributed by atoms with Gasteiger partial charge in [-0.3, -0.25) is 0 Å². The van der Waals surface area contributed by atoms with Crippen molar-refractivity contribution in [3.63, 3.8) is 0 Å². The van der Waals surface area contributed by atoms with Gasteiger partial charge in [-0.1, -0.05) is 54.9 Å². The van der Waals surface area contributed by atoms with E-state index in [1.807, 2.05) is 20.8 Å². The van der Waals surface area contributed by atoms with Crippen LogP contribution in [-0.4, -0.2) is 8.42 Å². The van der Waals surface area contributed by atoms with Gasteiger partial charge >= 0.3 is 0 Å². The van der Waals surface area contributed by atoms with Crippen LogP contribution in [0.1, 0.15) is 36.9 Å². The van der Waals surface area contributed by atoms with E-state index >= 15 is 0 Å². The van der Waals surface area contributed by atoms with Crippen LogP contribution in [0.3, 0.4) is 0 Å². The fourth-order valence-corrected chi connectivity index (χ4v) is 4.61. The molecule has 23 heavy (non-hydrogen) atoms. The first-order valence-corrected chi connectivity index (χ1v) is 10.1. The van der Waals surface area contributed by atoms with Crippen LogP contribution >= 0.6 is 25.2 Å². The molecule has 124 valence electrons. The monoisotopic (exact) mass is 416 g/mol. The van der Waals surface area contributed by atoms with Gasteiger partial charge in [-0.25, -0.2) is 12.8 Å². The second kappa shape index (κ2) is 6.62. The molecule has 0 radical (unpaired) electrons. The van der Waals surface area contributed by atoms with Crippen LogP contribution in [0.4, 0.5) is 4.39 Å². The van der Waals surface area contributed by atoms with Gasteiger partial charge in [0.2, 0.25) is 0 Å². The highest BCUT2D eigenvalue weighted by molar-refractivity contribution is 9.10. The van der Waals surface area contributed by atoms with Crippen molar-refractivity contribution in [3.05, 3.63) is 63.9 Å². The van der Waals surface area contributed by atoms with E-state index in [1.165, 1.54) is 18.2 Å². The van der Waals surface area contributed by atoms with Gasteiger partial charge in [-0.05, 0) is 35.2 Å². The molecule has 2 aromatic rings. The SMILES string of the molecule is CC(C)(C)c1cccc(C(P)S(=O)(=O)c2ccc(Br)cc2)c1F. The molecule has 0 saturated carbocycles. The van der Waals surface area contributed by atoms with Crippen molar-refractivity contribution in [2.75, 3.05) is 0 Å². The predicted octanol–water partition coefficient (Wildman–Crippen LogP) is 5.23. The average Bonchev–Trinajstić information content (AvgIpc) is 2.46. The molecule has 0 aliphatic carbocycles. The van der Waals surface area contributed by atoms with E-state index < -0.39 is 26.1 Å². The van der Waals surface area contributed by atoms with Crippen molar-refractivity contribution < 1.29 is 12.8 Å². The molecular weight excluding hydrogens is 398 g/mol. The van der Waals surface area contributed by atoms with Crippen molar-refractivity contribution in [2.45, 2.75) is 36.1 Å². The third-order valence-corrected chi connectivity index (χ3v) is 7.43. The smallest absolute Gasteiger partial charge is 0.188 e. The summed E-state index contributed by atoms with van der Waals surface area (Å²) in [5, 5.41) is 0. The second-order valence-corrected chi connectivity index (χ2v) is 10.5. The Balaban J connectivity index is 2.52. The normalized spacial score (nSPS) is 13.8. The number of hydrogen-bond acceptors (Lipinski definition) is 2. The zero-order valence-corrected chi connectivity index (χ0v) is 16.7. The van der Waals surface area contributed by atoms with E-state index in [2.05, 4.69) is 25.2 Å². The summed E-state index contributed by atoms with van der Waals surface area (Å²) in [6, 6.07) is 11.3. The Kier molecular flexibility index (Phi) is 5.34. The molecule has 0 fully saturated rings. The van der Waals surface area contributed by atoms with Crippen LogP contribution in [0.15, 0.2) is 51.8 Å². The first kappa shape index (κ1) is 18.6. The molecule has 0 N–H and O–H groups in total. The van der Waals surface area contributed by atoms with E-state index in [0.717, 1.165) is 4.47 Å². The summed E-state index contributed by atoms with van der Waals surface area (Å²) in [6.07, 6.45) is 0. The van der Waals surface area contributed by atoms with Gasteiger partial charge in [-0.2, -0.15) is 0 Å². The summed E-state index contributed by atoms with van der Waals surface area (Å²) in [5.41, 5.74) is 0.282. The highest BCUT2D eigenvalue weighted by atomic mass is 79.9. The van der Waals surface area contributed by atoms with Gasteiger partial charge in [0.25, 0.3) is 0 Å². The van der Waals surface area contributed by atoms with Crippen LogP contribution in [0.5, 0.6) is 0 Å². The Morgan fingerprint density at radius 2 is 1.65 bits per heavy atom. The van der Waals surface area contributed by atoms with E-state index in [1.54, 1.807) is 24.3 Å². The topological polar surface area (TPSA) is 34.1 Å². The summed E-state index contributed by atoms with van der Waals surface area (Å²) in [6.45, 7) is 5.70. The molecule has 2 nitrogen and oxygen atoms in total. The molecule has 2 unspecified atom stereocenters. The Morgan fingerprint density at radius 1 is 1.09 bits per heavy atom. The predicted molar refractivity (Wildman–Crippen MR) is 98.9 cm³/mol. The van der Waals surface area contributed by atoms with Gasteiger partial charge in [0.1, 0.15) is 10.8 Å². The summed E-state index contributed by atoms with van der Waals surface area (Å²) < 4.78 is 41.1. The third kappa shape index (κ3) is 3.84. The van der Waals surface area contributed by atoms with E-state index in [-0.39, 0.29) is 10.5 Å². The molecule has 0 saturated heterocycles. The van der Waals surface area contributed by atoms with Gasteiger partial charge in [0.15, 0.2) is 9.84 Å². The molecule has 0 heterocycles. The Labute approximate surface area is 147 Å². The van der Waals surface area contributed by atoms with Crippen molar-refractivity contribution in [3.8, 4) is 0 Å². The molecule has 6 heteroatoms. The fourth-order valence-electron chi connectivity index (χ4n) is 2.29. The van der Waals surface area contributed by atoms with Gasteiger partial charge in [0.05, 0.1) is 4.90 Å². The molecule has 0 spiro atoms. The first-order valence-electron chi connectivity index (χ1n) is 7.09. The Bertz CT molecular complexity index is 811. The highest BCUT2D eigenvalue weighted by Gasteiger charge is 2.30. The molecular formula is C17H19BrFO2PS. The summed E-state index contributed by atoms with van der Waals surface area (Å²) in [4.78, 5) is -0.868. The van der Waals surface area contributed by atoms with E-state index in [4.69, 9.17) is 0 Å². The quantitative estimate of drug-likeness (QED) is 0.641. The van der Waals surface area contributed by atoms with Gasteiger partial charge in [-0.15, -0.1) is 9.24 Å². The zero-order chi connectivity index (χ0) is 17.4. The highest BCUT2D eigenvalue weighted by Crippen LogP contribution is 2.38. The lowest BCUT2D eigenvalue weighted by Gasteiger charge is -2.23. The minimum absolute atomic E-state index is 0.168. The summed E-state index contributed by atoms with van der Waals surface area (Å²) in [5.74, 6) is -0.458. The van der Waals surface area contributed by atoms with E-state index in [0.29, 0.717) is 5.56 Å². The van der Waals surface area contributed by atoms with Crippen LogP contribution < -0.4 is 0 Å². The van der Waals surface area contributed by atoms with Crippen LogP contribution in [-0.2, 0) is 15.3 Å². The minimum Gasteiger partial charge on any atom is -0.223 e. The number of halogens is 2. The molecule has 0 aliphatic rings. The molecule has 0 bridgehead atoms. The fraction of sp³-hybridized carbons (Fsp3) is 0.294. The van der Waals surface area contributed by atoms with Gasteiger partial charge < -0.3 is 0 Å². The van der Waals surface area contributed by atoms with Crippen molar-refractivity contribution in [1.82, 2.24) is 0 Å². The summed E-state index contributed by atoms with van der Waals surface area (Å²) >= 11 is 3.28. The third-order valence-electron chi connectivity index (χ3n) is 3.62. The lowest BCUT2D eigenvalue weighted by Crippen LogP contribution is -2.17. The maximum atomic E-state index is 14.8. The molecule has 2 aromatic carbocycles. The number of benzene rings is 2. The van der Waals surface area contributed by atoms with Gasteiger partial charge in [0, 0.05) is 10.0 Å². The maximum absolute atomic E-state index is 14.8. The average molecular weight is 417 g/mol. The molecule has 2 rings (SSSR count). The molecule has 0 aliphatic heterocycles. The number of rotatable bonds is 3. The van der Waals surface area contributed by atoms with Crippen molar-refractivity contribution in [2.24, 2.45) is 0 Å². The Hall–Kier alpha value is -0.770. The van der Waals surface area contributed by atoms with Crippen molar-refractivity contribution in [1.29, 1.82) is 0 Å². The number of hydrogen-bond donors (Lipinski definition) is 0. The molecule has 0 aromatic heterocycles. The standard InChI is InChI=1S/C17H19BrFO2PS/c1-17(2,3)14-6-4-5-13(15(14)19)16(22)23(20,21)12-9-7-11(18)8-10-12/h4-10,16H,22H2,1-3H3. The Morgan fingerprint density at radius 3 is 2.17 bits per heavy atom. The largest absolute Gasteiger partial charge is 0.223 e. The van der Waals surface area contributed by atoms with Crippen LogP contribution in [0, 0.1) is 5.82 Å². The number of sulfone groups is 1. The van der Waals surface area contributed by atoms with Crippen molar-refractivity contribution >= 4 is 35.0 Å². The minimum atomic E-state index is -3.69. The second-order valence-electron chi connectivity index (χ2n) is 6.38. The zero-order valence-electron chi connectivity index (χ0n) is 13.2.